The van der Waals surface area contributed by atoms with Crippen molar-refractivity contribution in [2.24, 2.45) is 0 Å². The van der Waals surface area contributed by atoms with E-state index in [0.29, 0.717) is 0 Å². The van der Waals surface area contributed by atoms with Crippen molar-refractivity contribution in [3.8, 4) is 0 Å². The highest BCUT2D eigenvalue weighted by atomic mass is 28.3. The lowest BCUT2D eigenvalue weighted by Gasteiger charge is -2.16. The zero-order valence-electron chi connectivity index (χ0n) is 6.59. The lowest BCUT2D eigenvalue weighted by atomic mass is 10.4. The predicted molar refractivity (Wildman–Crippen MR) is 41.4 cm³/mol. The summed E-state index contributed by atoms with van der Waals surface area (Å²) in [6.45, 7) is 5.07. The molecule has 0 aliphatic rings. The van der Waals surface area contributed by atoms with Crippen molar-refractivity contribution in [2.45, 2.75) is 25.7 Å². The molecule has 0 amide bonds. The first-order valence-corrected chi connectivity index (χ1v) is 6.73. The molecule has 0 aliphatic heterocycles. The minimum absolute atomic E-state index is 0.185. The van der Waals surface area contributed by atoms with Crippen LogP contribution in [0.3, 0.4) is 0 Å². The smallest absolute Gasteiger partial charge is 0.141 e. The van der Waals surface area contributed by atoms with Crippen LogP contribution in [0, 0.1) is 0 Å². The average molecular weight is 162 g/mol. The van der Waals surface area contributed by atoms with Gasteiger partial charge in [-0.05, 0) is 0 Å². The van der Waals surface area contributed by atoms with Gasteiger partial charge in [-0.3, -0.25) is 0 Å². The summed E-state index contributed by atoms with van der Waals surface area (Å²) in [5, 5.41) is 17.1. The first-order valence-electron chi connectivity index (χ1n) is 3.23. The minimum Gasteiger partial charge on any atom is -0.393 e. The highest BCUT2D eigenvalue weighted by Gasteiger charge is 2.29. The van der Waals surface area contributed by atoms with Gasteiger partial charge in [-0.2, -0.15) is 0 Å². The fourth-order valence-electron chi connectivity index (χ4n) is 0.583. The summed E-state index contributed by atoms with van der Waals surface area (Å²) >= 11 is 0. The van der Waals surface area contributed by atoms with E-state index in [1.54, 1.807) is 0 Å². The Morgan fingerprint density at radius 2 is 1.90 bits per heavy atom. The maximum Gasteiger partial charge on any atom is 0.141 e. The van der Waals surface area contributed by atoms with Gasteiger partial charge in [-0.1, -0.05) is 19.6 Å². The van der Waals surface area contributed by atoms with Gasteiger partial charge >= 0.3 is 0 Å². The van der Waals surface area contributed by atoms with Crippen LogP contribution in [-0.2, 0) is 4.79 Å². The van der Waals surface area contributed by atoms with E-state index in [9.17, 15) is 4.79 Å². The molecule has 10 heavy (non-hydrogen) atoms. The van der Waals surface area contributed by atoms with Gasteiger partial charge in [-0.15, -0.1) is 0 Å². The van der Waals surface area contributed by atoms with E-state index < -0.39 is 20.8 Å². The average Bonchev–Trinajstić information content (AvgIpc) is 1.83. The molecule has 0 fully saturated rings. The standard InChI is InChI=1S/C6H14O3Si/c1-10(2,3)6(9)5(8)4-7/h5,7-8H,4H2,1-3H3. The van der Waals surface area contributed by atoms with Crippen molar-refractivity contribution in [1.82, 2.24) is 0 Å². The Labute approximate surface area is 61.7 Å². The number of rotatable bonds is 3. The van der Waals surface area contributed by atoms with E-state index in [4.69, 9.17) is 10.2 Å². The summed E-state index contributed by atoms with van der Waals surface area (Å²) in [6, 6.07) is 0. The predicted octanol–water partition coefficient (Wildman–Crippen LogP) is -0.214. The molecular weight excluding hydrogens is 148 g/mol. The van der Waals surface area contributed by atoms with E-state index in [1.165, 1.54) is 0 Å². The lowest BCUT2D eigenvalue weighted by molar-refractivity contribution is -0.121. The Kier molecular flexibility index (Phi) is 3.21. The molecular formula is C6H14O3Si. The second-order valence-electron chi connectivity index (χ2n) is 3.31. The molecule has 0 bridgehead atoms. The van der Waals surface area contributed by atoms with Gasteiger partial charge in [0.1, 0.15) is 19.6 Å². The Morgan fingerprint density at radius 3 is 2.00 bits per heavy atom. The maximum atomic E-state index is 11.0. The van der Waals surface area contributed by atoms with Crippen LogP contribution in [0.4, 0.5) is 0 Å². The van der Waals surface area contributed by atoms with Crippen molar-refractivity contribution in [2.75, 3.05) is 6.61 Å². The normalized spacial score (nSPS) is 14.9. The first kappa shape index (κ1) is 9.81. The second kappa shape index (κ2) is 3.27. The second-order valence-corrected chi connectivity index (χ2v) is 8.31. The van der Waals surface area contributed by atoms with Crippen molar-refractivity contribution < 1.29 is 15.0 Å². The number of carbonyl (C=O) groups is 1. The Bertz CT molecular complexity index is 127. The molecule has 60 valence electrons. The molecule has 0 radical (unpaired) electrons. The third-order valence-electron chi connectivity index (χ3n) is 1.21. The molecule has 0 spiro atoms. The molecule has 2 N–H and O–H groups in total. The molecule has 3 nitrogen and oxygen atoms in total. The van der Waals surface area contributed by atoms with Gasteiger partial charge in [0.05, 0.1) is 6.61 Å². The summed E-state index contributed by atoms with van der Waals surface area (Å²) in [5.41, 5.74) is 0. The van der Waals surface area contributed by atoms with Crippen LogP contribution in [0.1, 0.15) is 0 Å². The van der Waals surface area contributed by atoms with Gasteiger partial charge in [0.15, 0.2) is 0 Å². The Hall–Kier alpha value is -0.193. The molecule has 0 rings (SSSR count). The van der Waals surface area contributed by atoms with Crippen molar-refractivity contribution in [3.63, 3.8) is 0 Å². The van der Waals surface area contributed by atoms with E-state index in [1.807, 2.05) is 19.6 Å². The molecule has 0 heterocycles. The fraction of sp³-hybridized carbons (Fsp3) is 0.833. The number of hydrogen-bond acceptors (Lipinski definition) is 3. The van der Waals surface area contributed by atoms with E-state index in [-0.39, 0.29) is 5.41 Å². The largest absolute Gasteiger partial charge is 0.393 e. The number of carbonyl (C=O) groups excluding carboxylic acids is 1. The minimum atomic E-state index is -1.89. The van der Waals surface area contributed by atoms with Crippen molar-refractivity contribution in [1.29, 1.82) is 0 Å². The lowest BCUT2D eigenvalue weighted by Crippen LogP contribution is -2.43. The zero-order valence-corrected chi connectivity index (χ0v) is 7.59. The van der Waals surface area contributed by atoms with Gasteiger partial charge in [0.2, 0.25) is 0 Å². The van der Waals surface area contributed by atoms with Crippen LogP contribution in [-0.4, -0.2) is 36.4 Å². The van der Waals surface area contributed by atoms with Crippen LogP contribution in [0.5, 0.6) is 0 Å². The highest BCUT2D eigenvalue weighted by Crippen LogP contribution is 2.04. The molecule has 1 atom stereocenters. The Morgan fingerprint density at radius 1 is 1.50 bits per heavy atom. The molecule has 0 aromatic rings. The molecule has 0 saturated heterocycles. The molecule has 0 aromatic carbocycles. The summed E-state index contributed by atoms with van der Waals surface area (Å²) in [6.07, 6.45) is -1.16. The van der Waals surface area contributed by atoms with Gasteiger partial charge in [0, 0.05) is 0 Å². The van der Waals surface area contributed by atoms with Crippen LogP contribution >= 0.6 is 0 Å². The van der Waals surface area contributed by atoms with Gasteiger partial charge in [0.25, 0.3) is 0 Å². The van der Waals surface area contributed by atoms with E-state index >= 15 is 0 Å². The first-order chi connectivity index (χ1) is 4.39. The van der Waals surface area contributed by atoms with Crippen LogP contribution in [0.15, 0.2) is 0 Å². The zero-order chi connectivity index (χ0) is 8.36. The third kappa shape index (κ3) is 2.59. The van der Waals surface area contributed by atoms with Crippen LogP contribution in [0.25, 0.3) is 0 Å². The molecule has 0 saturated carbocycles. The van der Waals surface area contributed by atoms with Crippen molar-refractivity contribution >= 4 is 13.5 Å². The topological polar surface area (TPSA) is 57.5 Å². The quantitative estimate of drug-likeness (QED) is 0.564. The monoisotopic (exact) mass is 162 g/mol. The Balaban J connectivity index is 4.09. The van der Waals surface area contributed by atoms with Crippen LogP contribution < -0.4 is 0 Å². The van der Waals surface area contributed by atoms with Crippen LogP contribution in [0.2, 0.25) is 19.6 Å². The number of hydrogen-bond donors (Lipinski definition) is 2. The third-order valence-corrected chi connectivity index (χ3v) is 3.03. The van der Waals surface area contributed by atoms with Crippen molar-refractivity contribution in [3.05, 3.63) is 0 Å². The summed E-state index contributed by atoms with van der Waals surface area (Å²) in [7, 11) is -1.89. The molecule has 4 heteroatoms. The summed E-state index contributed by atoms with van der Waals surface area (Å²) in [5.74, 6) is 0. The maximum absolute atomic E-state index is 11.0. The number of aliphatic hydroxyl groups excluding tert-OH is 2. The SMILES string of the molecule is C[Si](C)(C)C(=O)C(O)CO. The van der Waals surface area contributed by atoms with Gasteiger partial charge in [-0.25, -0.2) is 0 Å². The van der Waals surface area contributed by atoms with Gasteiger partial charge < -0.3 is 15.0 Å². The molecule has 0 aromatic heterocycles. The summed E-state index contributed by atoms with van der Waals surface area (Å²) < 4.78 is 0. The molecule has 1 unspecified atom stereocenters. The molecule has 0 aliphatic carbocycles. The fourth-order valence-corrected chi connectivity index (χ4v) is 1.67. The highest BCUT2D eigenvalue weighted by molar-refractivity contribution is 7.04. The van der Waals surface area contributed by atoms with E-state index in [0.717, 1.165) is 0 Å². The van der Waals surface area contributed by atoms with E-state index in [2.05, 4.69) is 0 Å². The number of aliphatic hydroxyl groups is 2. The summed E-state index contributed by atoms with van der Waals surface area (Å²) in [4.78, 5) is 11.0.